The Bertz CT molecular complexity index is 2220. The highest BCUT2D eigenvalue weighted by Crippen LogP contribution is 2.31. The average Bonchev–Trinajstić information content (AvgIpc) is 3.64. The molecule has 1 amide bonds. The van der Waals surface area contributed by atoms with E-state index in [0.717, 1.165) is 48.6 Å². The molecule has 2 aromatic carbocycles. The second kappa shape index (κ2) is 12.1. The number of hydrogen-bond donors (Lipinski definition) is 4. The number of fused-ring (bicyclic) bond motifs is 2. The van der Waals surface area contributed by atoms with Crippen molar-refractivity contribution in [2.24, 2.45) is 5.73 Å². The maximum Gasteiger partial charge on any atom is 0.278 e. The normalized spacial score (nSPS) is 14.1. The molecule has 1 fully saturated rings. The maximum absolute atomic E-state index is 13.3. The smallest absolute Gasteiger partial charge is 0.278 e. The zero-order valence-corrected chi connectivity index (χ0v) is 26.7. The fourth-order valence-corrected chi connectivity index (χ4v) is 6.24. The number of aromatic amines is 1. The number of primary amides is 1. The summed E-state index contributed by atoms with van der Waals surface area (Å²) in [6.45, 7) is 9.08. The van der Waals surface area contributed by atoms with Gasteiger partial charge in [-0.15, -0.1) is 6.58 Å². The molecule has 1 saturated heterocycles. The number of hydrogen-bond acceptors (Lipinski definition) is 9. The third-order valence-corrected chi connectivity index (χ3v) is 8.73. The van der Waals surface area contributed by atoms with E-state index < -0.39 is 11.5 Å². The number of allylic oxidation sites excluding steroid dienone is 1. The van der Waals surface area contributed by atoms with Crippen LogP contribution >= 0.6 is 0 Å². The molecular weight excluding hydrogens is 608 g/mol. The molecule has 0 radical (unpaired) electrons. The van der Waals surface area contributed by atoms with Crippen molar-refractivity contribution in [1.82, 2.24) is 34.3 Å². The fraction of sp³-hybridized carbons (Fsp3) is 0.257. The van der Waals surface area contributed by atoms with Gasteiger partial charge >= 0.3 is 0 Å². The largest absolute Gasteiger partial charge is 0.384 e. The van der Waals surface area contributed by atoms with Gasteiger partial charge in [0.2, 0.25) is 5.95 Å². The number of piperidine rings is 1. The predicted octanol–water partition coefficient (Wildman–Crippen LogP) is 4.49. The van der Waals surface area contributed by atoms with Crippen LogP contribution in [0.1, 0.15) is 54.5 Å². The molecule has 0 saturated carbocycles. The summed E-state index contributed by atoms with van der Waals surface area (Å²) in [4.78, 5) is 49.4. The number of benzene rings is 2. The second-order valence-electron chi connectivity index (χ2n) is 12.5. The molecule has 7 rings (SSSR count). The van der Waals surface area contributed by atoms with Gasteiger partial charge in [0.1, 0.15) is 16.8 Å². The quantitative estimate of drug-likeness (QED) is 0.165. The van der Waals surface area contributed by atoms with Gasteiger partial charge in [0, 0.05) is 36.6 Å². The van der Waals surface area contributed by atoms with Gasteiger partial charge in [-0.1, -0.05) is 18.2 Å². The van der Waals surface area contributed by atoms with Crippen molar-refractivity contribution in [3.8, 4) is 5.82 Å². The average molecular weight is 645 g/mol. The zero-order chi connectivity index (χ0) is 33.6. The van der Waals surface area contributed by atoms with E-state index in [1.807, 2.05) is 18.2 Å². The van der Waals surface area contributed by atoms with Crippen molar-refractivity contribution < 1.29 is 9.90 Å². The van der Waals surface area contributed by atoms with E-state index in [-0.39, 0.29) is 18.0 Å². The van der Waals surface area contributed by atoms with Gasteiger partial charge in [-0.2, -0.15) is 4.98 Å². The molecule has 4 aromatic heterocycles. The number of para-hydroxylation sites is 1. The Kier molecular flexibility index (Phi) is 7.76. The molecule has 0 atom stereocenters. The van der Waals surface area contributed by atoms with E-state index in [4.69, 9.17) is 15.7 Å². The number of H-pyrrole nitrogens is 1. The van der Waals surface area contributed by atoms with Crippen LogP contribution in [0.25, 0.3) is 27.9 Å². The summed E-state index contributed by atoms with van der Waals surface area (Å²) < 4.78 is 3.13. The minimum atomic E-state index is -1.17. The lowest BCUT2D eigenvalue weighted by molar-refractivity contribution is 0.0737. The number of pyridine rings is 1. The van der Waals surface area contributed by atoms with E-state index in [1.54, 1.807) is 54.9 Å². The number of amides is 1. The van der Waals surface area contributed by atoms with Gasteiger partial charge < -0.3 is 26.0 Å². The lowest BCUT2D eigenvalue weighted by Crippen LogP contribution is -2.33. The summed E-state index contributed by atoms with van der Waals surface area (Å²) in [6, 6.07) is 18.8. The number of nitrogens with two attached hydrogens (primary N) is 1. The third kappa shape index (κ3) is 5.68. The van der Waals surface area contributed by atoms with Crippen molar-refractivity contribution in [3.63, 3.8) is 0 Å². The van der Waals surface area contributed by atoms with E-state index >= 15 is 0 Å². The number of aliphatic hydroxyl groups is 1. The molecule has 5 heterocycles. The van der Waals surface area contributed by atoms with Crippen LogP contribution in [-0.4, -0.2) is 58.4 Å². The fourth-order valence-electron chi connectivity index (χ4n) is 6.24. The van der Waals surface area contributed by atoms with Gasteiger partial charge in [-0.25, -0.2) is 24.3 Å². The van der Waals surface area contributed by atoms with E-state index in [2.05, 4.69) is 43.9 Å². The Balaban J connectivity index is 1.08. The Morgan fingerprint density at radius 1 is 1.08 bits per heavy atom. The molecule has 0 spiro atoms. The van der Waals surface area contributed by atoms with Crippen molar-refractivity contribution in [2.75, 3.05) is 23.3 Å². The molecule has 48 heavy (non-hydrogen) atoms. The molecule has 244 valence electrons. The number of carbonyl (C=O) groups excluding carboxylic acids is 1. The van der Waals surface area contributed by atoms with Crippen LogP contribution in [0.4, 0.5) is 17.3 Å². The van der Waals surface area contributed by atoms with Crippen LogP contribution < -0.4 is 21.5 Å². The maximum atomic E-state index is 13.3. The number of nitrogens with zero attached hydrogens (tertiary/aromatic N) is 7. The highest BCUT2D eigenvalue weighted by atomic mass is 16.3. The van der Waals surface area contributed by atoms with E-state index in [1.165, 1.54) is 10.9 Å². The van der Waals surface area contributed by atoms with E-state index in [0.29, 0.717) is 39.6 Å². The molecule has 1 aliphatic rings. The first-order valence-corrected chi connectivity index (χ1v) is 15.8. The highest BCUT2D eigenvalue weighted by molar-refractivity contribution is 6.04. The van der Waals surface area contributed by atoms with Crippen molar-refractivity contribution in [3.05, 3.63) is 107 Å². The standard InChI is InChI=1S/C35H36N10O3/c1-4-17-44-33(47)25-20-37-34(42-32(25)45(44)28-10-6-9-27(40-28)35(2,3)48)38-22-11-13-23(14-12-22)43-18-15-21(16-19-43)31-39-26-8-5-7-24(30(36)46)29(26)41-31/h4-14,20-21,48H,1,15-19H2,2-3H3,(H2,36,46)(H,39,41)(H,37,38,42). The monoisotopic (exact) mass is 644 g/mol. The Labute approximate surface area is 275 Å². The molecule has 0 bridgehead atoms. The molecule has 1 aliphatic heterocycles. The number of anilines is 3. The van der Waals surface area contributed by atoms with Crippen molar-refractivity contribution >= 4 is 45.3 Å². The highest BCUT2D eigenvalue weighted by Gasteiger charge is 2.25. The number of imidazole rings is 1. The minimum Gasteiger partial charge on any atom is -0.384 e. The van der Waals surface area contributed by atoms with Gasteiger partial charge in [0.05, 0.1) is 28.8 Å². The van der Waals surface area contributed by atoms with E-state index in [9.17, 15) is 14.7 Å². The summed E-state index contributed by atoms with van der Waals surface area (Å²) >= 11 is 0. The Morgan fingerprint density at radius 3 is 2.54 bits per heavy atom. The summed E-state index contributed by atoms with van der Waals surface area (Å²) in [6.07, 6.45) is 4.98. The minimum absolute atomic E-state index is 0.236. The number of rotatable bonds is 9. The van der Waals surface area contributed by atoms with Crippen LogP contribution in [0.2, 0.25) is 0 Å². The van der Waals surface area contributed by atoms with Crippen LogP contribution in [0, 0.1) is 0 Å². The van der Waals surface area contributed by atoms with Crippen LogP contribution in [0.3, 0.4) is 0 Å². The van der Waals surface area contributed by atoms with Crippen LogP contribution in [0.15, 0.2) is 84.3 Å². The van der Waals surface area contributed by atoms with Crippen LogP contribution in [-0.2, 0) is 12.1 Å². The SMILES string of the molecule is C=CCn1c(=O)c2cnc(Nc3ccc(N4CCC(c5nc6cccc(C(N)=O)c6[nH]5)CC4)cc3)nc2n1-c1cccc(C(C)(C)O)n1. The molecular formula is C35H36N10O3. The van der Waals surface area contributed by atoms with Gasteiger partial charge in [-0.3, -0.25) is 9.59 Å². The summed E-state index contributed by atoms with van der Waals surface area (Å²) in [7, 11) is 0. The zero-order valence-electron chi connectivity index (χ0n) is 26.7. The first kappa shape index (κ1) is 30.8. The topological polar surface area (TPSA) is 173 Å². The van der Waals surface area contributed by atoms with Crippen molar-refractivity contribution in [1.29, 1.82) is 0 Å². The summed E-state index contributed by atoms with van der Waals surface area (Å²) in [5, 5.41) is 14.2. The number of carbonyl (C=O) groups is 1. The van der Waals surface area contributed by atoms with Crippen molar-refractivity contribution in [2.45, 2.75) is 44.8 Å². The Morgan fingerprint density at radius 2 is 1.83 bits per heavy atom. The molecule has 5 N–H and O–H groups in total. The van der Waals surface area contributed by atoms with Gasteiger partial charge in [0.25, 0.3) is 11.5 Å². The predicted molar refractivity (Wildman–Crippen MR) is 185 cm³/mol. The summed E-state index contributed by atoms with van der Waals surface area (Å²) in [5.74, 6) is 1.45. The number of aromatic nitrogens is 7. The first-order chi connectivity index (χ1) is 23.1. The molecule has 0 unspecified atom stereocenters. The van der Waals surface area contributed by atoms with Gasteiger partial charge in [-0.05, 0) is 75.2 Å². The second-order valence-corrected chi connectivity index (χ2v) is 12.5. The lowest BCUT2D eigenvalue weighted by Gasteiger charge is -2.33. The van der Waals surface area contributed by atoms with Crippen LogP contribution in [0.5, 0.6) is 0 Å². The number of nitrogens with one attached hydrogen (secondary N) is 2. The molecule has 13 heteroatoms. The Hall–Kier alpha value is -5.82. The first-order valence-electron chi connectivity index (χ1n) is 15.8. The molecule has 0 aliphatic carbocycles. The molecule has 6 aromatic rings. The molecule has 13 nitrogen and oxygen atoms in total. The third-order valence-electron chi connectivity index (χ3n) is 8.73. The summed E-state index contributed by atoms with van der Waals surface area (Å²) in [5.41, 5.74) is 8.77. The lowest BCUT2D eigenvalue weighted by atomic mass is 9.96. The van der Waals surface area contributed by atoms with Gasteiger partial charge in [0.15, 0.2) is 11.5 Å².